The number of nitrogens with zero attached hydrogens (tertiary/aromatic N) is 1. The van der Waals surface area contributed by atoms with Gasteiger partial charge in [-0.1, -0.05) is 6.92 Å². The van der Waals surface area contributed by atoms with Crippen LogP contribution in [0, 0.1) is 11.3 Å². The van der Waals surface area contributed by atoms with Crippen molar-refractivity contribution in [2.45, 2.75) is 39.5 Å². The van der Waals surface area contributed by atoms with Crippen molar-refractivity contribution in [2.24, 2.45) is 11.3 Å². The van der Waals surface area contributed by atoms with Gasteiger partial charge in [-0.15, -0.1) is 12.4 Å². The summed E-state index contributed by atoms with van der Waals surface area (Å²) in [5.41, 5.74) is 0.392. The summed E-state index contributed by atoms with van der Waals surface area (Å²) in [5, 5.41) is 3.38. The zero-order valence-electron chi connectivity index (χ0n) is 11.0. The van der Waals surface area contributed by atoms with Gasteiger partial charge in [-0.05, 0) is 51.1 Å². The number of amides is 1. The van der Waals surface area contributed by atoms with E-state index >= 15 is 0 Å². The lowest BCUT2D eigenvalue weighted by Crippen LogP contribution is -2.36. The Balaban J connectivity index is 0.00000144. The molecule has 2 aliphatic rings. The Morgan fingerprint density at radius 3 is 2.53 bits per heavy atom. The fraction of sp³-hybridized carbons (Fsp3) is 0.923. The van der Waals surface area contributed by atoms with E-state index in [4.69, 9.17) is 0 Å². The van der Waals surface area contributed by atoms with Crippen LogP contribution in [0.5, 0.6) is 0 Å². The molecule has 0 aromatic rings. The van der Waals surface area contributed by atoms with Gasteiger partial charge in [0.25, 0.3) is 0 Å². The van der Waals surface area contributed by atoms with Crippen molar-refractivity contribution < 1.29 is 4.79 Å². The molecular weight excluding hydrogens is 236 g/mol. The molecule has 1 saturated heterocycles. The number of rotatable bonds is 4. The summed E-state index contributed by atoms with van der Waals surface area (Å²) >= 11 is 0. The molecule has 0 bridgehead atoms. The second kappa shape index (κ2) is 6.05. The zero-order valence-corrected chi connectivity index (χ0v) is 11.8. The zero-order chi connectivity index (χ0) is 11.6. The van der Waals surface area contributed by atoms with E-state index in [9.17, 15) is 4.79 Å². The third kappa shape index (κ3) is 2.94. The summed E-state index contributed by atoms with van der Waals surface area (Å²) in [6.07, 6.45) is 4.62. The minimum Gasteiger partial charge on any atom is -0.343 e. The monoisotopic (exact) mass is 260 g/mol. The van der Waals surface area contributed by atoms with Crippen molar-refractivity contribution in [3.63, 3.8) is 0 Å². The average Bonchev–Trinajstić information content (AvgIpc) is 3.00. The fourth-order valence-electron chi connectivity index (χ4n) is 3.09. The van der Waals surface area contributed by atoms with Crippen molar-refractivity contribution in [3.05, 3.63) is 0 Å². The SMILES string of the molecule is CCCN(CC)C(=O)C1CC12CCNCC2.Cl. The van der Waals surface area contributed by atoms with Crippen molar-refractivity contribution in [1.82, 2.24) is 10.2 Å². The number of carbonyl (C=O) groups is 1. The van der Waals surface area contributed by atoms with Crippen LogP contribution in [0.15, 0.2) is 0 Å². The van der Waals surface area contributed by atoms with Crippen molar-refractivity contribution in [2.75, 3.05) is 26.2 Å². The van der Waals surface area contributed by atoms with Gasteiger partial charge in [-0.3, -0.25) is 4.79 Å². The van der Waals surface area contributed by atoms with Crippen molar-refractivity contribution >= 4 is 18.3 Å². The smallest absolute Gasteiger partial charge is 0.226 e. The molecule has 100 valence electrons. The van der Waals surface area contributed by atoms with Gasteiger partial charge >= 0.3 is 0 Å². The van der Waals surface area contributed by atoms with E-state index in [2.05, 4.69) is 19.2 Å². The van der Waals surface area contributed by atoms with E-state index in [-0.39, 0.29) is 12.4 Å². The predicted octanol–water partition coefficient (Wildman–Crippen LogP) is 2.06. The fourth-order valence-corrected chi connectivity index (χ4v) is 3.09. The standard InChI is InChI=1S/C13H24N2O.ClH/c1-3-9-15(4-2)12(16)11-10-13(11)5-7-14-8-6-13;/h11,14H,3-10H2,1-2H3;1H. The second-order valence-corrected chi connectivity index (χ2v) is 5.29. The molecule has 1 spiro atoms. The lowest BCUT2D eigenvalue weighted by Gasteiger charge is -2.26. The molecule has 2 rings (SSSR count). The topological polar surface area (TPSA) is 32.3 Å². The molecule has 1 amide bonds. The lowest BCUT2D eigenvalue weighted by molar-refractivity contribution is -0.133. The Morgan fingerprint density at radius 1 is 1.35 bits per heavy atom. The minimum atomic E-state index is 0. The molecule has 17 heavy (non-hydrogen) atoms. The summed E-state index contributed by atoms with van der Waals surface area (Å²) < 4.78 is 0. The van der Waals surface area contributed by atoms with E-state index in [0.717, 1.165) is 39.0 Å². The maximum absolute atomic E-state index is 12.3. The maximum atomic E-state index is 12.3. The number of hydrogen-bond donors (Lipinski definition) is 1. The Morgan fingerprint density at radius 2 is 2.00 bits per heavy atom. The number of hydrogen-bond acceptors (Lipinski definition) is 2. The third-order valence-electron chi connectivity index (χ3n) is 4.27. The van der Waals surface area contributed by atoms with Crippen LogP contribution in [0.25, 0.3) is 0 Å². The summed E-state index contributed by atoms with van der Waals surface area (Å²) in [6.45, 7) is 8.24. The Bertz CT molecular complexity index is 264. The van der Waals surface area contributed by atoms with Crippen LogP contribution in [0.1, 0.15) is 39.5 Å². The van der Waals surface area contributed by atoms with Gasteiger partial charge in [0.2, 0.25) is 5.91 Å². The van der Waals surface area contributed by atoms with Gasteiger partial charge in [-0.2, -0.15) is 0 Å². The molecule has 1 heterocycles. The highest BCUT2D eigenvalue weighted by atomic mass is 35.5. The summed E-state index contributed by atoms with van der Waals surface area (Å²) in [7, 11) is 0. The van der Waals surface area contributed by atoms with E-state index in [0.29, 0.717) is 17.2 Å². The highest BCUT2D eigenvalue weighted by Crippen LogP contribution is 2.59. The molecule has 2 fully saturated rings. The maximum Gasteiger partial charge on any atom is 0.226 e. The van der Waals surface area contributed by atoms with E-state index < -0.39 is 0 Å². The molecule has 1 N–H and O–H groups in total. The lowest BCUT2D eigenvalue weighted by atomic mass is 9.91. The van der Waals surface area contributed by atoms with E-state index in [1.165, 1.54) is 12.8 Å². The molecule has 0 aromatic heterocycles. The van der Waals surface area contributed by atoms with E-state index in [1.54, 1.807) is 0 Å². The molecule has 3 nitrogen and oxygen atoms in total. The normalized spacial score (nSPS) is 25.2. The number of halogens is 1. The largest absolute Gasteiger partial charge is 0.343 e. The number of piperidine rings is 1. The first kappa shape index (κ1) is 14.8. The molecular formula is C13H25ClN2O. The van der Waals surface area contributed by atoms with Gasteiger partial charge in [0.1, 0.15) is 0 Å². The Labute approximate surface area is 111 Å². The molecule has 1 aliphatic carbocycles. The first-order valence-corrected chi connectivity index (χ1v) is 6.73. The first-order valence-electron chi connectivity index (χ1n) is 6.73. The van der Waals surface area contributed by atoms with Crippen LogP contribution in [-0.2, 0) is 4.79 Å². The molecule has 1 atom stereocenters. The molecule has 1 saturated carbocycles. The van der Waals surface area contributed by atoms with Crippen molar-refractivity contribution in [3.8, 4) is 0 Å². The van der Waals surface area contributed by atoms with Gasteiger partial charge in [0, 0.05) is 19.0 Å². The highest BCUT2D eigenvalue weighted by molar-refractivity contribution is 5.85. The molecule has 1 unspecified atom stereocenters. The third-order valence-corrected chi connectivity index (χ3v) is 4.27. The summed E-state index contributed by atoms with van der Waals surface area (Å²) in [5.74, 6) is 0.771. The minimum absolute atomic E-state index is 0. The van der Waals surface area contributed by atoms with Crippen LogP contribution in [0.3, 0.4) is 0 Å². The van der Waals surface area contributed by atoms with Crippen molar-refractivity contribution in [1.29, 1.82) is 0 Å². The molecule has 4 heteroatoms. The van der Waals surface area contributed by atoms with Gasteiger partial charge < -0.3 is 10.2 Å². The quantitative estimate of drug-likeness (QED) is 0.839. The summed E-state index contributed by atoms with van der Waals surface area (Å²) in [4.78, 5) is 14.3. The second-order valence-electron chi connectivity index (χ2n) is 5.29. The van der Waals surface area contributed by atoms with Crippen LogP contribution >= 0.6 is 12.4 Å². The number of nitrogens with one attached hydrogen (secondary N) is 1. The van der Waals surface area contributed by atoms with Crippen LogP contribution in [-0.4, -0.2) is 37.0 Å². The Hall–Kier alpha value is -0.280. The molecule has 0 radical (unpaired) electrons. The van der Waals surface area contributed by atoms with Crippen LogP contribution in [0.4, 0.5) is 0 Å². The van der Waals surface area contributed by atoms with Crippen LogP contribution in [0.2, 0.25) is 0 Å². The van der Waals surface area contributed by atoms with Gasteiger partial charge in [0.05, 0.1) is 0 Å². The predicted molar refractivity (Wildman–Crippen MR) is 72.4 cm³/mol. The van der Waals surface area contributed by atoms with Gasteiger partial charge in [-0.25, -0.2) is 0 Å². The van der Waals surface area contributed by atoms with Crippen LogP contribution < -0.4 is 5.32 Å². The highest BCUT2D eigenvalue weighted by Gasteiger charge is 2.58. The Kier molecular flexibility index (Phi) is 5.26. The average molecular weight is 261 g/mol. The number of carbonyl (C=O) groups excluding carboxylic acids is 1. The molecule has 0 aromatic carbocycles. The van der Waals surface area contributed by atoms with E-state index in [1.807, 2.05) is 4.90 Å². The summed E-state index contributed by atoms with van der Waals surface area (Å²) in [6, 6.07) is 0. The molecule has 1 aliphatic heterocycles. The van der Waals surface area contributed by atoms with Gasteiger partial charge in [0.15, 0.2) is 0 Å². The first-order chi connectivity index (χ1) is 7.73.